The van der Waals surface area contributed by atoms with Gasteiger partial charge in [-0.15, -0.1) is 0 Å². The zero-order chi connectivity index (χ0) is 18.7. The van der Waals surface area contributed by atoms with Gasteiger partial charge in [0.1, 0.15) is 11.3 Å². The number of furan rings is 1. The number of aryl methyl sites for hydroxylation is 1. The van der Waals surface area contributed by atoms with E-state index in [1.807, 2.05) is 31.2 Å². The molecule has 134 valence electrons. The van der Waals surface area contributed by atoms with E-state index in [9.17, 15) is 9.59 Å². The zero-order valence-corrected chi connectivity index (χ0v) is 15.2. The van der Waals surface area contributed by atoms with E-state index >= 15 is 0 Å². The number of carbonyl (C=O) groups excluding carboxylic acids is 2. The van der Waals surface area contributed by atoms with Gasteiger partial charge in [-0.1, -0.05) is 25.1 Å². The first-order valence-electron chi connectivity index (χ1n) is 8.62. The Kier molecular flexibility index (Phi) is 5.07. The van der Waals surface area contributed by atoms with Gasteiger partial charge in [0.2, 0.25) is 5.91 Å². The van der Waals surface area contributed by atoms with Crippen LogP contribution in [0.3, 0.4) is 0 Å². The first kappa shape index (κ1) is 17.7. The van der Waals surface area contributed by atoms with E-state index in [0.717, 1.165) is 28.7 Å². The van der Waals surface area contributed by atoms with Gasteiger partial charge in [-0.2, -0.15) is 0 Å². The van der Waals surface area contributed by atoms with Gasteiger partial charge in [0, 0.05) is 49.1 Å². The number of hydrogen-bond donors (Lipinski definition) is 1. The van der Waals surface area contributed by atoms with E-state index in [1.165, 1.54) is 6.92 Å². The summed E-state index contributed by atoms with van der Waals surface area (Å²) in [5, 5.41) is 3.74. The van der Waals surface area contributed by atoms with Gasteiger partial charge in [0.25, 0.3) is 5.91 Å². The highest BCUT2D eigenvalue weighted by molar-refractivity contribution is 5.95. The third-order valence-corrected chi connectivity index (χ3v) is 4.30. The van der Waals surface area contributed by atoms with Crippen LogP contribution in [0.15, 0.2) is 52.9 Å². The lowest BCUT2D eigenvalue weighted by atomic mass is 10.1. The Hall–Kier alpha value is -3.08. The van der Waals surface area contributed by atoms with E-state index < -0.39 is 0 Å². The SMILES string of the molecule is CCc1oc2ccccc2c1CN(C)C(=O)c1ccc(NC(C)=O)cc1. The van der Waals surface area contributed by atoms with Crippen molar-refractivity contribution in [1.29, 1.82) is 0 Å². The molecule has 0 aliphatic heterocycles. The summed E-state index contributed by atoms with van der Waals surface area (Å²) in [6.45, 7) is 3.98. The van der Waals surface area contributed by atoms with E-state index in [4.69, 9.17) is 4.42 Å². The molecule has 1 heterocycles. The molecule has 3 aromatic rings. The summed E-state index contributed by atoms with van der Waals surface area (Å²) in [5.41, 5.74) is 3.15. The van der Waals surface area contributed by atoms with Crippen LogP contribution in [0.25, 0.3) is 11.0 Å². The van der Waals surface area contributed by atoms with Crippen LogP contribution in [0.4, 0.5) is 5.69 Å². The van der Waals surface area contributed by atoms with Gasteiger partial charge in [0.15, 0.2) is 0 Å². The highest BCUT2D eigenvalue weighted by atomic mass is 16.3. The Morgan fingerprint density at radius 1 is 1.08 bits per heavy atom. The number of amides is 2. The highest BCUT2D eigenvalue weighted by Crippen LogP contribution is 2.27. The number of rotatable bonds is 5. The molecule has 0 saturated heterocycles. The summed E-state index contributed by atoms with van der Waals surface area (Å²) < 4.78 is 5.91. The lowest BCUT2D eigenvalue weighted by Crippen LogP contribution is -2.26. The van der Waals surface area contributed by atoms with Crippen molar-refractivity contribution in [3.63, 3.8) is 0 Å². The average molecular weight is 350 g/mol. The third kappa shape index (κ3) is 3.61. The molecule has 3 rings (SSSR count). The van der Waals surface area contributed by atoms with Gasteiger partial charge in [-0.25, -0.2) is 0 Å². The van der Waals surface area contributed by atoms with Crippen molar-refractivity contribution >= 4 is 28.5 Å². The van der Waals surface area contributed by atoms with Crippen LogP contribution in [0, 0.1) is 0 Å². The fourth-order valence-electron chi connectivity index (χ4n) is 3.04. The Morgan fingerprint density at radius 2 is 1.77 bits per heavy atom. The van der Waals surface area contributed by atoms with E-state index in [2.05, 4.69) is 5.32 Å². The largest absolute Gasteiger partial charge is 0.461 e. The lowest BCUT2D eigenvalue weighted by molar-refractivity contribution is -0.114. The Balaban J connectivity index is 1.80. The summed E-state index contributed by atoms with van der Waals surface area (Å²) in [7, 11) is 1.78. The Morgan fingerprint density at radius 3 is 2.42 bits per heavy atom. The predicted molar refractivity (Wildman–Crippen MR) is 102 cm³/mol. The van der Waals surface area contributed by atoms with Crippen molar-refractivity contribution in [2.24, 2.45) is 0 Å². The van der Waals surface area contributed by atoms with Crippen LogP contribution in [-0.4, -0.2) is 23.8 Å². The molecule has 0 radical (unpaired) electrons. The number of carbonyl (C=O) groups is 2. The predicted octanol–water partition coefficient (Wildman–Crippen LogP) is 4.23. The lowest BCUT2D eigenvalue weighted by Gasteiger charge is -2.17. The zero-order valence-electron chi connectivity index (χ0n) is 15.2. The smallest absolute Gasteiger partial charge is 0.253 e. The van der Waals surface area contributed by atoms with Crippen LogP contribution >= 0.6 is 0 Å². The molecule has 1 aromatic heterocycles. The van der Waals surface area contributed by atoms with Crippen LogP contribution in [0.5, 0.6) is 0 Å². The van der Waals surface area contributed by atoms with Crippen LogP contribution in [-0.2, 0) is 17.8 Å². The summed E-state index contributed by atoms with van der Waals surface area (Å²) in [6.07, 6.45) is 0.775. The molecule has 2 amide bonds. The summed E-state index contributed by atoms with van der Waals surface area (Å²) in [5.74, 6) is 0.693. The molecule has 0 saturated carbocycles. The molecule has 0 fully saturated rings. The van der Waals surface area contributed by atoms with Gasteiger partial charge >= 0.3 is 0 Å². The maximum Gasteiger partial charge on any atom is 0.253 e. The number of benzene rings is 2. The minimum absolute atomic E-state index is 0.0771. The van der Waals surface area contributed by atoms with E-state index in [0.29, 0.717) is 17.8 Å². The molecule has 0 spiro atoms. The summed E-state index contributed by atoms with van der Waals surface area (Å²) in [6, 6.07) is 14.8. The van der Waals surface area contributed by atoms with Gasteiger partial charge in [-0.3, -0.25) is 9.59 Å². The molecular formula is C21H22N2O3. The number of nitrogens with one attached hydrogen (secondary N) is 1. The second kappa shape index (κ2) is 7.44. The first-order chi connectivity index (χ1) is 12.5. The number of anilines is 1. The average Bonchev–Trinajstić information content (AvgIpc) is 2.99. The molecule has 0 unspecified atom stereocenters. The van der Waals surface area contributed by atoms with Gasteiger partial charge < -0.3 is 14.6 Å². The summed E-state index contributed by atoms with van der Waals surface area (Å²) >= 11 is 0. The Bertz CT molecular complexity index is 942. The van der Waals surface area contributed by atoms with Gasteiger partial charge in [-0.05, 0) is 30.3 Å². The number of nitrogens with zero attached hydrogens (tertiary/aromatic N) is 1. The highest BCUT2D eigenvalue weighted by Gasteiger charge is 2.18. The second-order valence-corrected chi connectivity index (χ2v) is 6.27. The Labute approximate surface area is 152 Å². The topological polar surface area (TPSA) is 62.6 Å². The van der Waals surface area contributed by atoms with Crippen molar-refractivity contribution in [3.8, 4) is 0 Å². The van der Waals surface area contributed by atoms with Crippen molar-refractivity contribution in [1.82, 2.24) is 4.90 Å². The maximum absolute atomic E-state index is 12.7. The maximum atomic E-state index is 12.7. The van der Waals surface area contributed by atoms with Crippen LogP contribution < -0.4 is 5.32 Å². The number of para-hydroxylation sites is 1. The number of fused-ring (bicyclic) bond motifs is 1. The van der Waals surface area contributed by atoms with E-state index in [1.54, 1.807) is 36.2 Å². The first-order valence-corrected chi connectivity index (χ1v) is 8.62. The minimum Gasteiger partial charge on any atom is -0.461 e. The molecule has 0 aliphatic carbocycles. The third-order valence-electron chi connectivity index (χ3n) is 4.30. The fourth-order valence-corrected chi connectivity index (χ4v) is 3.04. The quantitative estimate of drug-likeness (QED) is 0.749. The van der Waals surface area contributed by atoms with Crippen molar-refractivity contribution < 1.29 is 14.0 Å². The molecule has 0 atom stereocenters. The molecule has 2 aromatic carbocycles. The molecule has 0 aliphatic rings. The van der Waals surface area contributed by atoms with Gasteiger partial charge in [0.05, 0.1) is 0 Å². The molecule has 0 bridgehead atoms. The second-order valence-electron chi connectivity index (χ2n) is 6.27. The molecule has 5 nitrogen and oxygen atoms in total. The standard InChI is InChI=1S/C21H22N2O3/c1-4-19-18(17-7-5-6-8-20(17)26-19)13-23(3)21(25)15-9-11-16(12-10-15)22-14(2)24/h5-12H,4,13H2,1-3H3,(H,22,24). The fraction of sp³-hybridized carbons (Fsp3) is 0.238. The van der Waals surface area contributed by atoms with Crippen molar-refractivity contribution in [2.75, 3.05) is 12.4 Å². The van der Waals surface area contributed by atoms with E-state index in [-0.39, 0.29) is 11.8 Å². The van der Waals surface area contributed by atoms with Crippen molar-refractivity contribution in [2.45, 2.75) is 26.8 Å². The van der Waals surface area contributed by atoms with Crippen LogP contribution in [0.1, 0.15) is 35.5 Å². The minimum atomic E-state index is -0.139. The number of hydrogen-bond acceptors (Lipinski definition) is 3. The molecular weight excluding hydrogens is 328 g/mol. The van der Waals surface area contributed by atoms with Crippen LogP contribution in [0.2, 0.25) is 0 Å². The van der Waals surface area contributed by atoms with Crippen molar-refractivity contribution in [3.05, 3.63) is 65.4 Å². The normalized spacial score (nSPS) is 10.7. The monoisotopic (exact) mass is 350 g/mol. The summed E-state index contributed by atoms with van der Waals surface area (Å²) in [4.78, 5) is 25.5. The molecule has 26 heavy (non-hydrogen) atoms. The molecule has 1 N–H and O–H groups in total. The molecule has 5 heteroatoms.